The third-order valence-corrected chi connectivity index (χ3v) is 4.12. The molecular formula is C15H20Cl2F2N2O2. The van der Waals surface area contributed by atoms with Crippen LogP contribution >= 0.6 is 24.0 Å². The van der Waals surface area contributed by atoms with Crippen molar-refractivity contribution < 1.29 is 18.3 Å². The minimum atomic E-state index is -2.92. The van der Waals surface area contributed by atoms with Crippen molar-refractivity contribution in [1.29, 1.82) is 0 Å². The first-order chi connectivity index (χ1) is 10.5. The van der Waals surface area contributed by atoms with Crippen LogP contribution in [0, 0.1) is 5.92 Å². The van der Waals surface area contributed by atoms with Crippen LogP contribution in [0.5, 0.6) is 5.75 Å². The van der Waals surface area contributed by atoms with Crippen LogP contribution in [0.25, 0.3) is 0 Å². The average Bonchev–Trinajstić information content (AvgIpc) is 2.84. The van der Waals surface area contributed by atoms with Gasteiger partial charge in [-0.15, -0.1) is 12.4 Å². The molecule has 130 valence electrons. The molecule has 0 aromatic heterocycles. The molecule has 0 radical (unpaired) electrons. The van der Waals surface area contributed by atoms with Crippen molar-refractivity contribution in [2.45, 2.75) is 44.9 Å². The zero-order chi connectivity index (χ0) is 16.1. The van der Waals surface area contributed by atoms with E-state index in [1.54, 1.807) is 0 Å². The molecule has 1 saturated carbocycles. The minimum Gasteiger partial charge on any atom is -0.434 e. The van der Waals surface area contributed by atoms with Crippen LogP contribution in [0.3, 0.4) is 0 Å². The van der Waals surface area contributed by atoms with Crippen LogP contribution in [-0.4, -0.2) is 18.6 Å². The summed E-state index contributed by atoms with van der Waals surface area (Å²) in [4.78, 5) is 11.9. The number of halogens is 4. The summed E-state index contributed by atoms with van der Waals surface area (Å²) in [7, 11) is 0. The number of nitrogens with two attached hydrogens (primary N) is 1. The predicted octanol–water partition coefficient (Wildman–Crippen LogP) is 3.50. The Bertz CT molecular complexity index is 532. The lowest BCUT2D eigenvalue weighted by Crippen LogP contribution is -2.31. The molecule has 1 aromatic carbocycles. The van der Waals surface area contributed by atoms with E-state index in [2.05, 4.69) is 10.1 Å². The van der Waals surface area contributed by atoms with Gasteiger partial charge in [0.15, 0.2) is 0 Å². The molecule has 1 aromatic rings. The van der Waals surface area contributed by atoms with E-state index in [0.29, 0.717) is 17.0 Å². The van der Waals surface area contributed by atoms with Crippen LogP contribution in [0.15, 0.2) is 18.2 Å². The normalized spacial score (nSPS) is 20.2. The Hall–Kier alpha value is -1.11. The highest BCUT2D eigenvalue weighted by molar-refractivity contribution is 6.30. The van der Waals surface area contributed by atoms with Gasteiger partial charge in [0.2, 0.25) is 5.91 Å². The molecule has 0 spiro atoms. The van der Waals surface area contributed by atoms with E-state index in [0.717, 1.165) is 19.3 Å². The summed E-state index contributed by atoms with van der Waals surface area (Å²) in [5.41, 5.74) is 6.35. The summed E-state index contributed by atoms with van der Waals surface area (Å²) < 4.78 is 29.1. The molecule has 0 aliphatic heterocycles. The number of ether oxygens (including phenoxy) is 1. The van der Waals surface area contributed by atoms with Gasteiger partial charge in [0.05, 0.1) is 0 Å². The van der Waals surface area contributed by atoms with E-state index < -0.39 is 6.61 Å². The van der Waals surface area contributed by atoms with E-state index in [1.807, 2.05) is 0 Å². The number of hydrogen-bond donors (Lipinski definition) is 2. The fourth-order valence-corrected chi connectivity index (χ4v) is 2.91. The van der Waals surface area contributed by atoms with Crippen molar-refractivity contribution in [1.82, 2.24) is 5.32 Å². The Morgan fingerprint density at radius 3 is 2.78 bits per heavy atom. The van der Waals surface area contributed by atoms with Gasteiger partial charge in [-0.05, 0) is 37.0 Å². The number of rotatable bonds is 6. The molecule has 23 heavy (non-hydrogen) atoms. The number of benzene rings is 1. The molecule has 0 heterocycles. The second kappa shape index (κ2) is 9.25. The van der Waals surface area contributed by atoms with E-state index in [1.165, 1.54) is 18.2 Å². The second-order valence-corrected chi connectivity index (χ2v) is 5.90. The molecule has 0 bridgehead atoms. The fourth-order valence-electron chi connectivity index (χ4n) is 2.72. The van der Waals surface area contributed by atoms with Gasteiger partial charge in [0, 0.05) is 29.6 Å². The molecule has 1 aliphatic carbocycles. The van der Waals surface area contributed by atoms with E-state index in [4.69, 9.17) is 17.3 Å². The maximum absolute atomic E-state index is 12.4. The van der Waals surface area contributed by atoms with Crippen molar-refractivity contribution in [3.63, 3.8) is 0 Å². The summed E-state index contributed by atoms with van der Waals surface area (Å²) in [5, 5.41) is 3.10. The number of amides is 1. The maximum atomic E-state index is 12.4. The monoisotopic (exact) mass is 368 g/mol. The maximum Gasteiger partial charge on any atom is 0.387 e. The smallest absolute Gasteiger partial charge is 0.387 e. The fraction of sp³-hybridized carbons (Fsp3) is 0.533. The summed E-state index contributed by atoms with van der Waals surface area (Å²) in [6, 6.07) is 4.39. The minimum absolute atomic E-state index is 0. The van der Waals surface area contributed by atoms with Gasteiger partial charge in [-0.1, -0.05) is 18.0 Å². The molecule has 1 aliphatic rings. The SMILES string of the molecule is Cl.N[C@@H]1CCC[C@H]1CC(=O)NCc1cc(Cl)ccc1OC(F)F. The van der Waals surface area contributed by atoms with Crippen molar-refractivity contribution >= 4 is 29.9 Å². The zero-order valence-electron chi connectivity index (χ0n) is 12.4. The molecular weight excluding hydrogens is 349 g/mol. The van der Waals surface area contributed by atoms with E-state index in [-0.39, 0.29) is 42.6 Å². The molecule has 1 amide bonds. The third kappa shape index (κ3) is 6.12. The summed E-state index contributed by atoms with van der Waals surface area (Å²) >= 11 is 5.85. The number of hydrogen-bond acceptors (Lipinski definition) is 3. The second-order valence-electron chi connectivity index (χ2n) is 5.47. The highest BCUT2D eigenvalue weighted by Gasteiger charge is 2.26. The molecule has 0 saturated heterocycles. The number of carbonyl (C=O) groups is 1. The van der Waals surface area contributed by atoms with Crippen LogP contribution in [0.4, 0.5) is 8.78 Å². The van der Waals surface area contributed by atoms with Gasteiger partial charge in [-0.2, -0.15) is 8.78 Å². The van der Waals surface area contributed by atoms with Crippen molar-refractivity contribution in [3.05, 3.63) is 28.8 Å². The van der Waals surface area contributed by atoms with Crippen LogP contribution < -0.4 is 15.8 Å². The Morgan fingerprint density at radius 2 is 2.17 bits per heavy atom. The molecule has 4 nitrogen and oxygen atoms in total. The highest BCUT2D eigenvalue weighted by atomic mass is 35.5. The Labute approximate surface area is 145 Å². The topological polar surface area (TPSA) is 64.4 Å². The summed E-state index contributed by atoms with van der Waals surface area (Å²) in [6.45, 7) is -2.84. The molecule has 0 unspecified atom stereocenters. The number of alkyl halides is 2. The molecule has 8 heteroatoms. The summed E-state index contributed by atoms with van der Waals surface area (Å²) in [5.74, 6) is 0.0544. The first kappa shape index (κ1) is 19.9. The van der Waals surface area contributed by atoms with Gasteiger partial charge in [0.25, 0.3) is 0 Å². The van der Waals surface area contributed by atoms with Gasteiger partial charge >= 0.3 is 6.61 Å². The standard InChI is InChI=1S/C15H19ClF2N2O2.ClH/c16-11-4-5-13(22-15(17)18)10(6-11)8-20-14(21)7-9-2-1-3-12(9)19;/h4-6,9,12,15H,1-3,7-8,19H2,(H,20,21);1H/t9-,12+;/m0./s1. The van der Waals surface area contributed by atoms with Crippen molar-refractivity contribution in [2.24, 2.45) is 11.7 Å². The van der Waals surface area contributed by atoms with Gasteiger partial charge in [-0.25, -0.2) is 0 Å². The van der Waals surface area contributed by atoms with Crippen LogP contribution in [0.2, 0.25) is 5.02 Å². The molecule has 3 N–H and O–H groups in total. The first-order valence-corrected chi connectivity index (χ1v) is 7.59. The number of carbonyl (C=O) groups excluding carboxylic acids is 1. The lowest BCUT2D eigenvalue weighted by molar-refractivity contribution is -0.122. The van der Waals surface area contributed by atoms with Gasteiger partial charge in [-0.3, -0.25) is 4.79 Å². The van der Waals surface area contributed by atoms with E-state index >= 15 is 0 Å². The zero-order valence-corrected chi connectivity index (χ0v) is 14.0. The predicted molar refractivity (Wildman–Crippen MR) is 87.1 cm³/mol. The third-order valence-electron chi connectivity index (χ3n) is 3.88. The molecule has 2 rings (SSSR count). The van der Waals surface area contributed by atoms with Crippen molar-refractivity contribution in [2.75, 3.05) is 0 Å². The molecule has 2 atom stereocenters. The average molecular weight is 369 g/mol. The largest absolute Gasteiger partial charge is 0.434 e. The summed E-state index contributed by atoms with van der Waals surface area (Å²) in [6.07, 6.45) is 3.29. The molecule has 1 fully saturated rings. The van der Waals surface area contributed by atoms with Crippen LogP contribution in [-0.2, 0) is 11.3 Å². The van der Waals surface area contributed by atoms with Crippen molar-refractivity contribution in [3.8, 4) is 5.75 Å². The highest BCUT2D eigenvalue weighted by Crippen LogP contribution is 2.27. The lowest BCUT2D eigenvalue weighted by atomic mass is 10.00. The first-order valence-electron chi connectivity index (χ1n) is 7.21. The van der Waals surface area contributed by atoms with E-state index in [9.17, 15) is 13.6 Å². The Balaban J connectivity index is 0.00000264. The van der Waals surface area contributed by atoms with Gasteiger partial charge in [0.1, 0.15) is 5.75 Å². The quantitative estimate of drug-likeness (QED) is 0.807. The lowest BCUT2D eigenvalue weighted by Gasteiger charge is -2.16. The Kier molecular flexibility index (Phi) is 8.02. The number of nitrogens with one attached hydrogen (secondary N) is 1. The van der Waals surface area contributed by atoms with Crippen LogP contribution in [0.1, 0.15) is 31.2 Å². The van der Waals surface area contributed by atoms with Gasteiger partial charge < -0.3 is 15.8 Å². The Morgan fingerprint density at radius 1 is 1.43 bits per heavy atom.